The van der Waals surface area contributed by atoms with Crippen LogP contribution in [-0.4, -0.2) is 75.9 Å². The summed E-state index contributed by atoms with van der Waals surface area (Å²) in [5.74, 6) is -5.92. The molecule has 1 aliphatic rings. The molecular weight excluding hydrogens is 500 g/mol. The van der Waals surface area contributed by atoms with Crippen molar-refractivity contribution in [3.05, 3.63) is 53.1 Å². The molecule has 0 fully saturated rings. The first kappa shape index (κ1) is 27.0. The Labute approximate surface area is 205 Å². The van der Waals surface area contributed by atoms with E-state index in [4.69, 9.17) is 9.47 Å². The topological polar surface area (TPSA) is 200 Å². The highest BCUT2D eigenvalue weighted by Gasteiger charge is 2.55. The average molecular weight is 525 g/mol. The van der Waals surface area contributed by atoms with Crippen LogP contribution in [0, 0.1) is 0 Å². The number of methoxy groups -OCH3 is 1. The van der Waals surface area contributed by atoms with Gasteiger partial charge in [0.05, 0.1) is 23.9 Å². The number of nitrogens with zero attached hydrogens (tertiary/aromatic N) is 1. The molecule has 0 aromatic heterocycles. The van der Waals surface area contributed by atoms with Crippen LogP contribution in [0.2, 0.25) is 0 Å². The minimum Gasteiger partial charge on any atom is -0.493 e. The summed E-state index contributed by atoms with van der Waals surface area (Å²) in [4.78, 5) is 38.7. The zero-order valence-corrected chi connectivity index (χ0v) is 20.4. The van der Waals surface area contributed by atoms with Crippen LogP contribution in [0.4, 0.5) is 5.69 Å². The Balaban J connectivity index is 2.26. The van der Waals surface area contributed by atoms with Crippen LogP contribution in [0.3, 0.4) is 0 Å². The van der Waals surface area contributed by atoms with Crippen molar-refractivity contribution in [2.75, 3.05) is 18.7 Å². The number of sulfone groups is 1. The van der Waals surface area contributed by atoms with Crippen LogP contribution in [0.1, 0.15) is 46.2 Å². The number of hydrogen-bond donors (Lipinski definition) is 5. The van der Waals surface area contributed by atoms with Crippen molar-refractivity contribution in [1.29, 1.82) is 0 Å². The third-order valence-electron chi connectivity index (χ3n) is 5.22. The van der Waals surface area contributed by atoms with E-state index in [1.54, 1.807) is 0 Å². The summed E-state index contributed by atoms with van der Waals surface area (Å²) in [6.07, 6.45) is 0.486. The molecule has 0 radical (unpaired) electrons. The molecule has 3 rings (SSSR count). The molecule has 3 amide bonds. The first-order chi connectivity index (χ1) is 16.5. The predicted octanol–water partition coefficient (Wildman–Crippen LogP) is -0.289. The van der Waals surface area contributed by atoms with Crippen molar-refractivity contribution in [2.24, 2.45) is 0 Å². The standard InChI is InChI=1S/C22H24N2O11S/c1-11(25)23-14-7-5-6-13-17(14)20(27)24(19(13)26)18(22(30,31)36(4,32)33)12-8-9-15(34-3)16(10-12)35-21(2,28)29/h5-10,18,28-31H,1-4H3,(H,23,25). The van der Waals surface area contributed by atoms with Crippen molar-refractivity contribution in [1.82, 2.24) is 4.90 Å². The Bertz CT molecular complexity index is 1350. The summed E-state index contributed by atoms with van der Waals surface area (Å²) >= 11 is 0. The van der Waals surface area contributed by atoms with Crippen LogP contribution in [0.15, 0.2) is 36.4 Å². The second kappa shape index (κ2) is 9.15. The number of nitrogens with one attached hydrogen (secondary N) is 1. The van der Waals surface area contributed by atoms with Gasteiger partial charge in [0.1, 0.15) is 6.04 Å². The second-order valence-electron chi connectivity index (χ2n) is 8.17. The van der Waals surface area contributed by atoms with E-state index in [0.29, 0.717) is 11.2 Å². The molecule has 1 heterocycles. The maximum Gasteiger partial charge on any atom is 0.318 e. The summed E-state index contributed by atoms with van der Waals surface area (Å²) < 4.78 is 34.9. The van der Waals surface area contributed by atoms with Gasteiger partial charge in [0.25, 0.3) is 16.9 Å². The largest absolute Gasteiger partial charge is 0.493 e. The molecule has 2 aromatic rings. The van der Waals surface area contributed by atoms with Crippen molar-refractivity contribution < 1.29 is 52.7 Å². The lowest BCUT2D eigenvalue weighted by molar-refractivity contribution is -0.278. The minimum atomic E-state index is -4.79. The molecule has 194 valence electrons. The smallest absolute Gasteiger partial charge is 0.318 e. The van der Waals surface area contributed by atoms with Crippen molar-refractivity contribution in [2.45, 2.75) is 31.0 Å². The Kier molecular flexibility index (Phi) is 6.87. The van der Waals surface area contributed by atoms with E-state index in [9.17, 15) is 43.2 Å². The van der Waals surface area contributed by atoms with Gasteiger partial charge in [0.2, 0.25) is 15.7 Å². The summed E-state index contributed by atoms with van der Waals surface area (Å²) in [5, 5.41) is 39.6. The van der Waals surface area contributed by atoms with Gasteiger partial charge in [-0.3, -0.25) is 19.3 Å². The summed E-state index contributed by atoms with van der Waals surface area (Å²) in [6.45, 7) is 2.04. The van der Waals surface area contributed by atoms with E-state index < -0.39 is 44.7 Å². The van der Waals surface area contributed by atoms with E-state index in [-0.39, 0.29) is 33.9 Å². The molecule has 13 nitrogen and oxygen atoms in total. The van der Waals surface area contributed by atoms with Crippen LogP contribution in [0.5, 0.6) is 11.5 Å². The number of rotatable bonds is 8. The third-order valence-corrected chi connectivity index (χ3v) is 6.54. The summed E-state index contributed by atoms with van der Waals surface area (Å²) in [7, 11) is -3.57. The molecule has 0 saturated carbocycles. The highest BCUT2D eigenvalue weighted by Crippen LogP contribution is 2.43. The molecule has 2 aromatic carbocycles. The first-order valence-electron chi connectivity index (χ1n) is 10.2. The highest BCUT2D eigenvalue weighted by molar-refractivity contribution is 7.91. The Hall–Kier alpha value is -3.56. The highest BCUT2D eigenvalue weighted by atomic mass is 32.2. The second-order valence-corrected chi connectivity index (χ2v) is 10.3. The maximum absolute atomic E-state index is 13.4. The first-order valence-corrected chi connectivity index (χ1v) is 12.1. The fraction of sp³-hybridized carbons (Fsp3) is 0.318. The fourth-order valence-electron chi connectivity index (χ4n) is 3.72. The number of carbonyl (C=O) groups excluding carboxylic acids is 3. The predicted molar refractivity (Wildman–Crippen MR) is 122 cm³/mol. The number of benzene rings is 2. The third kappa shape index (κ3) is 4.89. The van der Waals surface area contributed by atoms with Gasteiger partial charge < -0.3 is 35.2 Å². The molecule has 5 N–H and O–H groups in total. The Morgan fingerprint density at radius 1 is 1.06 bits per heavy atom. The molecular formula is C22H24N2O11S. The molecule has 0 aliphatic carbocycles. The quantitative estimate of drug-likeness (QED) is 0.224. The lowest BCUT2D eigenvalue weighted by atomic mass is 10.0. The molecule has 0 saturated heterocycles. The fourth-order valence-corrected chi connectivity index (χ4v) is 4.37. The van der Waals surface area contributed by atoms with Crippen LogP contribution < -0.4 is 14.8 Å². The van der Waals surface area contributed by atoms with Crippen molar-refractivity contribution in [3.8, 4) is 11.5 Å². The number of anilines is 1. The number of aliphatic hydroxyl groups is 4. The number of amides is 3. The van der Waals surface area contributed by atoms with Crippen LogP contribution in [0.25, 0.3) is 0 Å². The lowest BCUT2D eigenvalue weighted by Gasteiger charge is -2.35. The Morgan fingerprint density at radius 3 is 2.22 bits per heavy atom. The van der Waals surface area contributed by atoms with Gasteiger partial charge in [0.15, 0.2) is 11.5 Å². The molecule has 1 aliphatic heterocycles. The van der Waals surface area contributed by atoms with Gasteiger partial charge in [-0.05, 0) is 29.8 Å². The molecule has 0 spiro atoms. The molecule has 14 heteroatoms. The summed E-state index contributed by atoms with van der Waals surface area (Å²) in [6, 6.07) is 4.96. The van der Waals surface area contributed by atoms with Gasteiger partial charge in [-0.15, -0.1) is 0 Å². The molecule has 1 unspecified atom stereocenters. The van der Waals surface area contributed by atoms with Gasteiger partial charge >= 0.3 is 5.97 Å². The van der Waals surface area contributed by atoms with Gasteiger partial charge in [0, 0.05) is 20.1 Å². The van der Waals surface area contributed by atoms with Gasteiger partial charge in [-0.25, -0.2) is 8.42 Å². The molecule has 1 atom stereocenters. The minimum absolute atomic E-state index is 0.0458. The number of fused-ring (bicyclic) bond motifs is 1. The summed E-state index contributed by atoms with van der Waals surface area (Å²) in [5.41, 5.74) is -0.893. The van der Waals surface area contributed by atoms with E-state index in [0.717, 1.165) is 19.1 Å². The zero-order valence-electron chi connectivity index (χ0n) is 19.5. The normalized spacial score (nSPS) is 14.9. The maximum atomic E-state index is 13.4. The van der Waals surface area contributed by atoms with Gasteiger partial charge in [-0.1, -0.05) is 12.1 Å². The van der Waals surface area contributed by atoms with Crippen molar-refractivity contribution in [3.63, 3.8) is 0 Å². The SMILES string of the molecule is COc1ccc(C(N2C(=O)c3cccc(NC(C)=O)c3C2=O)C(O)(O)S(C)(=O)=O)cc1OC(C)(O)O. The number of ether oxygens (including phenoxy) is 2. The van der Waals surface area contributed by atoms with E-state index in [1.807, 2.05) is 0 Å². The number of hydrogen-bond acceptors (Lipinski definition) is 11. The monoisotopic (exact) mass is 524 g/mol. The van der Waals surface area contributed by atoms with E-state index in [2.05, 4.69) is 5.32 Å². The van der Waals surface area contributed by atoms with Gasteiger partial charge in [-0.2, -0.15) is 0 Å². The number of imide groups is 1. The van der Waals surface area contributed by atoms with E-state index in [1.165, 1.54) is 38.3 Å². The van der Waals surface area contributed by atoms with Crippen LogP contribution >= 0.6 is 0 Å². The lowest BCUT2D eigenvalue weighted by Crippen LogP contribution is -2.52. The van der Waals surface area contributed by atoms with Crippen LogP contribution in [-0.2, 0) is 14.6 Å². The average Bonchev–Trinajstić information content (AvgIpc) is 2.97. The number of carbonyl (C=O) groups is 3. The Morgan fingerprint density at radius 2 is 1.69 bits per heavy atom. The molecule has 0 bridgehead atoms. The zero-order chi connectivity index (χ0) is 27.2. The van der Waals surface area contributed by atoms with Crippen molar-refractivity contribution >= 4 is 33.2 Å². The van der Waals surface area contributed by atoms with E-state index >= 15 is 0 Å². The molecule has 36 heavy (non-hydrogen) atoms.